The van der Waals surface area contributed by atoms with Gasteiger partial charge >= 0.3 is 0 Å². The molecular formula is C14H21N3S. The van der Waals surface area contributed by atoms with Gasteiger partial charge in [0.2, 0.25) is 0 Å². The van der Waals surface area contributed by atoms with Crippen LogP contribution in [-0.4, -0.2) is 21.5 Å². The van der Waals surface area contributed by atoms with Crippen LogP contribution in [-0.2, 0) is 6.42 Å². The van der Waals surface area contributed by atoms with E-state index in [1.54, 1.807) is 11.3 Å². The van der Waals surface area contributed by atoms with Crippen LogP contribution in [0.3, 0.4) is 0 Å². The first-order chi connectivity index (χ1) is 8.50. The predicted octanol–water partition coefficient (Wildman–Crippen LogP) is 3.11. The van der Waals surface area contributed by atoms with Crippen LogP contribution >= 0.6 is 11.3 Å². The van der Waals surface area contributed by atoms with Crippen molar-refractivity contribution in [3.8, 4) is 0 Å². The van der Waals surface area contributed by atoms with Gasteiger partial charge in [-0.05, 0) is 24.8 Å². The number of rotatable bonds is 2. The first kappa shape index (κ1) is 12.2. The van der Waals surface area contributed by atoms with E-state index in [0.29, 0.717) is 0 Å². The Balaban J connectivity index is 1.91. The van der Waals surface area contributed by atoms with E-state index in [1.807, 2.05) is 0 Å². The van der Waals surface area contributed by atoms with E-state index >= 15 is 0 Å². The standard InChI is InChI=1S/C14H21N3S/c1-13(2,3)14(5-4-6-15-14)9-11-10-17-7-8-18-12(17)16-11/h7-8,10,15H,4-6,9H2,1-3H3. The fourth-order valence-corrected chi connectivity index (χ4v) is 3.75. The molecule has 3 rings (SSSR count). The van der Waals surface area contributed by atoms with Crippen molar-refractivity contribution in [2.75, 3.05) is 6.54 Å². The molecule has 18 heavy (non-hydrogen) atoms. The highest BCUT2D eigenvalue weighted by Crippen LogP contribution is 2.39. The van der Waals surface area contributed by atoms with E-state index in [9.17, 15) is 0 Å². The van der Waals surface area contributed by atoms with Gasteiger partial charge in [0.25, 0.3) is 0 Å². The van der Waals surface area contributed by atoms with E-state index in [-0.39, 0.29) is 11.0 Å². The summed E-state index contributed by atoms with van der Waals surface area (Å²) < 4.78 is 2.13. The quantitative estimate of drug-likeness (QED) is 0.902. The van der Waals surface area contributed by atoms with E-state index < -0.39 is 0 Å². The lowest BCUT2D eigenvalue weighted by atomic mass is 9.70. The van der Waals surface area contributed by atoms with E-state index in [0.717, 1.165) is 17.9 Å². The summed E-state index contributed by atoms with van der Waals surface area (Å²) in [6.07, 6.45) is 7.83. The molecule has 1 aliphatic rings. The van der Waals surface area contributed by atoms with Crippen molar-refractivity contribution >= 4 is 16.3 Å². The Morgan fingerprint density at radius 3 is 2.94 bits per heavy atom. The summed E-state index contributed by atoms with van der Waals surface area (Å²) in [7, 11) is 0. The van der Waals surface area contributed by atoms with Gasteiger partial charge in [0.1, 0.15) is 0 Å². The lowest BCUT2D eigenvalue weighted by Crippen LogP contribution is -2.52. The molecule has 4 heteroatoms. The fourth-order valence-electron chi connectivity index (χ4n) is 3.03. The summed E-state index contributed by atoms with van der Waals surface area (Å²) in [6.45, 7) is 8.15. The minimum Gasteiger partial charge on any atom is -0.310 e. The number of nitrogens with zero attached hydrogens (tertiary/aromatic N) is 2. The van der Waals surface area contributed by atoms with Crippen molar-refractivity contribution in [1.82, 2.24) is 14.7 Å². The topological polar surface area (TPSA) is 29.3 Å². The lowest BCUT2D eigenvalue weighted by Gasteiger charge is -2.42. The zero-order valence-electron chi connectivity index (χ0n) is 11.4. The molecule has 1 atom stereocenters. The maximum absolute atomic E-state index is 4.74. The van der Waals surface area contributed by atoms with Crippen molar-refractivity contribution < 1.29 is 0 Å². The fraction of sp³-hybridized carbons (Fsp3) is 0.643. The van der Waals surface area contributed by atoms with Crippen molar-refractivity contribution in [1.29, 1.82) is 0 Å². The van der Waals surface area contributed by atoms with Crippen LogP contribution in [0.4, 0.5) is 0 Å². The molecule has 98 valence electrons. The molecule has 0 radical (unpaired) electrons. The Labute approximate surface area is 112 Å². The molecule has 0 spiro atoms. The van der Waals surface area contributed by atoms with Crippen LogP contribution < -0.4 is 5.32 Å². The molecule has 0 amide bonds. The van der Waals surface area contributed by atoms with Gasteiger partial charge in [-0.15, -0.1) is 11.3 Å². The van der Waals surface area contributed by atoms with Gasteiger partial charge in [-0.25, -0.2) is 4.98 Å². The Morgan fingerprint density at radius 1 is 1.50 bits per heavy atom. The molecule has 0 saturated carbocycles. The first-order valence-corrected chi connectivity index (χ1v) is 7.54. The average Bonchev–Trinajstić information content (AvgIpc) is 2.90. The van der Waals surface area contributed by atoms with Gasteiger partial charge in [-0.2, -0.15) is 0 Å². The first-order valence-electron chi connectivity index (χ1n) is 6.66. The number of aromatic nitrogens is 2. The van der Waals surface area contributed by atoms with Gasteiger partial charge in [-0.1, -0.05) is 20.8 Å². The van der Waals surface area contributed by atoms with Crippen LogP contribution in [0.2, 0.25) is 0 Å². The SMILES string of the molecule is CC(C)(C)C1(Cc2cn3ccsc3n2)CCCN1. The molecule has 1 aliphatic heterocycles. The number of hydrogen-bond acceptors (Lipinski definition) is 3. The normalized spacial score (nSPS) is 25.1. The highest BCUT2D eigenvalue weighted by molar-refractivity contribution is 7.15. The van der Waals surface area contributed by atoms with Gasteiger partial charge in [-0.3, -0.25) is 4.40 Å². The monoisotopic (exact) mass is 263 g/mol. The van der Waals surface area contributed by atoms with Crippen molar-refractivity contribution in [3.63, 3.8) is 0 Å². The second-order valence-corrected chi connectivity index (χ2v) is 7.24. The number of imidazole rings is 1. The van der Waals surface area contributed by atoms with Gasteiger partial charge in [0, 0.05) is 29.7 Å². The maximum Gasteiger partial charge on any atom is 0.193 e. The molecule has 0 aromatic carbocycles. The highest BCUT2D eigenvalue weighted by atomic mass is 32.1. The third-order valence-electron chi connectivity index (χ3n) is 4.31. The summed E-state index contributed by atoms with van der Waals surface area (Å²) in [5, 5.41) is 5.83. The molecule has 3 nitrogen and oxygen atoms in total. The van der Waals surface area contributed by atoms with Gasteiger partial charge in [0.15, 0.2) is 4.96 Å². The molecule has 1 fully saturated rings. The Kier molecular flexibility index (Phi) is 2.75. The van der Waals surface area contributed by atoms with Crippen LogP contribution in [0.15, 0.2) is 17.8 Å². The Morgan fingerprint density at radius 2 is 2.33 bits per heavy atom. The number of hydrogen-bond donors (Lipinski definition) is 1. The molecule has 1 saturated heterocycles. The lowest BCUT2D eigenvalue weighted by molar-refractivity contribution is 0.158. The van der Waals surface area contributed by atoms with Crippen LogP contribution in [0.5, 0.6) is 0 Å². The van der Waals surface area contributed by atoms with Crippen molar-refractivity contribution in [2.24, 2.45) is 5.41 Å². The summed E-state index contributed by atoms with van der Waals surface area (Å²) in [4.78, 5) is 5.84. The number of thiazole rings is 1. The van der Waals surface area contributed by atoms with E-state index in [2.05, 4.69) is 48.3 Å². The Bertz CT molecular complexity index is 512. The van der Waals surface area contributed by atoms with Crippen molar-refractivity contribution in [3.05, 3.63) is 23.5 Å². The largest absolute Gasteiger partial charge is 0.310 e. The summed E-state index contributed by atoms with van der Waals surface area (Å²) in [6, 6.07) is 0. The maximum atomic E-state index is 4.74. The van der Waals surface area contributed by atoms with Crippen molar-refractivity contribution in [2.45, 2.75) is 45.6 Å². The smallest absolute Gasteiger partial charge is 0.193 e. The molecule has 0 bridgehead atoms. The molecule has 3 heterocycles. The van der Waals surface area contributed by atoms with Gasteiger partial charge < -0.3 is 5.32 Å². The Hall–Kier alpha value is -0.870. The average molecular weight is 263 g/mol. The van der Waals surface area contributed by atoms with Gasteiger partial charge in [0.05, 0.1) is 5.69 Å². The molecule has 2 aromatic rings. The highest BCUT2D eigenvalue weighted by Gasteiger charge is 2.44. The molecule has 1 unspecified atom stereocenters. The molecule has 2 aromatic heterocycles. The summed E-state index contributed by atoms with van der Waals surface area (Å²) >= 11 is 1.70. The van der Waals surface area contributed by atoms with E-state index in [1.165, 1.54) is 18.5 Å². The zero-order chi connectivity index (χ0) is 12.8. The van der Waals surface area contributed by atoms with Crippen LogP contribution in [0.1, 0.15) is 39.3 Å². The summed E-state index contributed by atoms with van der Waals surface area (Å²) in [5.41, 5.74) is 1.68. The second-order valence-electron chi connectivity index (χ2n) is 6.36. The number of fused-ring (bicyclic) bond motifs is 1. The number of nitrogens with one attached hydrogen (secondary N) is 1. The minimum atomic E-state index is 0.205. The second kappa shape index (κ2) is 4.07. The third-order valence-corrected chi connectivity index (χ3v) is 5.08. The zero-order valence-corrected chi connectivity index (χ0v) is 12.2. The minimum absolute atomic E-state index is 0.205. The summed E-state index contributed by atoms with van der Waals surface area (Å²) in [5.74, 6) is 0. The molecule has 1 N–H and O–H groups in total. The molecular weight excluding hydrogens is 242 g/mol. The van der Waals surface area contributed by atoms with Crippen LogP contribution in [0, 0.1) is 5.41 Å². The molecule has 0 aliphatic carbocycles. The van der Waals surface area contributed by atoms with Crippen LogP contribution in [0.25, 0.3) is 4.96 Å². The van der Waals surface area contributed by atoms with E-state index in [4.69, 9.17) is 4.98 Å². The predicted molar refractivity (Wildman–Crippen MR) is 76.2 cm³/mol. The third kappa shape index (κ3) is 1.88.